The Morgan fingerprint density at radius 3 is 2.17 bits per heavy atom. The molecule has 0 aliphatic carbocycles. The molecular formula is C31H38ClN3O4S. The number of carbonyl (C=O) groups is 2. The molecular weight excluding hydrogens is 546 g/mol. The van der Waals surface area contributed by atoms with E-state index in [0.717, 1.165) is 15.4 Å². The van der Waals surface area contributed by atoms with E-state index in [-0.39, 0.29) is 17.3 Å². The van der Waals surface area contributed by atoms with Crippen LogP contribution in [0.3, 0.4) is 0 Å². The Morgan fingerprint density at radius 2 is 1.57 bits per heavy atom. The lowest BCUT2D eigenvalue weighted by Crippen LogP contribution is -2.55. The first-order valence-electron chi connectivity index (χ1n) is 13.2. The average molecular weight is 584 g/mol. The molecule has 3 aromatic rings. The van der Waals surface area contributed by atoms with Gasteiger partial charge in [-0.1, -0.05) is 65.7 Å². The largest absolute Gasteiger partial charge is 0.350 e. The Balaban J connectivity index is 2.03. The van der Waals surface area contributed by atoms with Gasteiger partial charge in [-0.3, -0.25) is 13.9 Å². The maximum Gasteiger partial charge on any atom is 0.264 e. The molecule has 3 aromatic carbocycles. The van der Waals surface area contributed by atoms with Crippen LogP contribution in [0.2, 0.25) is 5.02 Å². The van der Waals surface area contributed by atoms with Crippen LogP contribution in [0.25, 0.3) is 0 Å². The predicted octanol–water partition coefficient (Wildman–Crippen LogP) is 5.53. The lowest BCUT2D eigenvalue weighted by Gasteiger charge is -2.34. The molecule has 0 aliphatic heterocycles. The number of hydrogen-bond donors (Lipinski definition) is 1. The van der Waals surface area contributed by atoms with E-state index in [1.807, 2.05) is 58.0 Å². The fourth-order valence-corrected chi connectivity index (χ4v) is 5.88. The number of hydrogen-bond acceptors (Lipinski definition) is 4. The Kier molecular flexibility index (Phi) is 10.0. The second kappa shape index (κ2) is 12.9. The van der Waals surface area contributed by atoms with E-state index in [1.54, 1.807) is 44.2 Å². The summed E-state index contributed by atoms with van der Waals surface area (Å²) in [5.74, 6) is -0.816. The van der Waals surface area contributed by atoms with Gasteiger partial charge in [0.05, 0.1) is 10.6 Å². The number of halogens is 1. The summed E-state index contributed by atoms with van der Waals surface area (Å²) in [5, 5.41) is 3.28. The number of amides is 2. The van der Waals surface area contributed by atoms with Crippen LogP contribution in [0.1, 0.15) is 44.4 Å². The topological polar surface area (TPSA) is 86.8 Å². The van der Waals surface area contributed by atoms with Crippen molar-refractivity contribution < 1.29 is 18.0 Å². The molecule has 40 heavy (non-hydrogen) atoms. The molecule has 1 N–H and O–H groups in total. The van der Waals surface area contributed by atoms with Crippen molar-refractivity contribution in [3.63, 3.8) is 0 Å². The van der Waals surface area contributed by atoms with E-state index in [9.17, 15) is 18.0 Å². The fourth-order valence-electron chi connectivity index (χ4n) is 4.25. The summed E-state index contributed by atoms with van der Waals surface area (Å²) >= 11 is 6.28. The van der Waals surface area contributed by atoms with Gasteiger partial charge in [0.25, 0.3) is 10.0 Å². The number of nitrogens with zero attached hydrogens (tertiary/aromatic N) is 2. The normalized spacial score (nSPS) is 12.5. The zero-order valence-corrected chi connectivity index (χ0v) is 25.5. The van der Waals surface area contributed by atoms with Crippen LogP contribution < -0.4 is 9.62 Å². The van der Waals surface area contributed by atoms with Gasteiger partial charge in [0, 0.05) is 17.1 Å². The summed E-state index contributed by atoms with van der Waals surface area (Å²) in [6, 6.07) is 20.2. The molecule has 0 heterocycles. The van der Waals surface area contributed by atoms with E-state index < -0.39 is 34.1 Å². The number of nitrogens with one attached hydrogen (secondary N) is 1. The van der Waals surface area contributed by atoms with E-state index in [1.165, 1.54) is 17.0 Å². The van der Waals surface area contributed by atoms with E-state index in [4.69, 9.17) is 11.6 Å². The molecule has 2 amide bonds. The first-order chi connectivity index (χ1) is 18.7. The first-order valence-corrected chi connectivity index (χ1v) is 15.0. The predicted molar refractivity (Wildman–Crippen MR) is 161 cm³/mol. The Morgan fingerprint density at radius 1 is 0.950 bits per heavy atom. The van der Waals surface area contributed by atoms with Crippen LogP contribution >= 0.6 is 11.6 Å². The molecule has 0 bridgehead atoms. The Hall–Kier alpha value is -3.36. The fraction of sp³-hybridized carbons (Fsp3) is 0.355. The smallest absolute Gasteiger partial charge is 0.264 e. The summed E-state index contributed by atoms with van der Waals surface area (Å²) in [4.78, 5) is 28.7. The lowest BCUT2D eigenvalue weighted by atomic mass is 10.1. The van der Waals surface area contributed by atoms with Crippen molar-refractivity contribution >= 4 is 39.1 Å². The first kappa shape index (κ1) is 31.2. The minimum absolute atomic E-state index is 0.0552. The molecule has 3 rings (SSSR count). The summed E-state index contributed by atoms with van der Waals surface area (Å²) < 4.78 is 29.0. The monoisotopic (exact) mass is 583 g/mol. The van der Waals surface area contributed by atoms with Gasteiger partial charge in [-0.05, 0) is 83.4 Å². The van der Waals surface area contributed by atoms with Crippen molar-refractivity contribution in [2.24, 2.45) is 0 Å². The average Bonchev–Trinajstić information content (AvgIpc) is 2.88. The highest BCUT2D eigenvalue weighted by atomic mass is 35.5. The summed E-state index contributed by atoms with van der Waals surface area (Å²) in [7, 11) is -4.15. The summed E-state index contributed by atoms with van der Waals surface area (Å²) in [5.41, 5.74) is 2.35. The highest BCUT2D eigenvalue weighted by molar-refractivity contribution is 7.92. The van der Waals surface area contributed by atoms with E-state index in [2.05, 4.69) is 5.32 Å². The molecule has 7 nitrogen and oxygen atoms in total. The Bertz CT molecular complexity index is 1440. The number of rotatable bonds is 10. The number of carbonyl (C=O) groups excluding carboxylic acids is 2. The molecule has 1 atom stereocenters. The minimum Gasteiger partial charge on any atom is -0.350 e. The van der Waals surface area contributed by atoms with Crippen LogP contribution in [0.15, 0.2) is 77.7 Å². The minimum atomic E-state index is -4.15. The maximum absolute atomic E-state index is 14.0. The summed E-state index contributed by atoms with van der Waals surface area (Å²) in [6.07, 6.45) is 0.501. The molecule has 214 valence electrons. The second-order valence-corrected chi connectivity index (χ2v) is 13.3. The molecule has 0 aliphatic rings. The van der Waals surface area contributed by atoms with Crippen LogP contribution in [0, 0.1) is 13.8 Å². The second-order valence-electron chi connectivity index (χ2n) is 11.0. The number of aryl methyl sites for hydroxylation is 2. The van der Waals surface area contributed by atoms with E-state index >= 15 is 0 Å². The zero-order valence-electron chi connectivity index (χ0n) is 23.9. The van der Waals surface area contributed by atoms with Gasteiger partial charge in [0.2, 0.25) is 11.8 Å². The van der Waals surface area contributed by atoms with Gasteiger partial charge in [-0.15, -0.1) is 0 Å². The van der Waals surface area contributed by atoms with Gasteiger partial charge in [0.15, 0.2) is 0 Å². The molecule has 0 radical (unpaired) electrons. The molecule has 0 saturated heterocycles. The molecule has 0 fully saturated rings. The van der Waals surface area contributed by atoms with Gasteiger partial charge in [-0.25, -0.2) is 8.42 Å². The highest BCUT2D eigenvalue weighted by Gasteiger charge is 2.33. The van der Waals surface area contributed by atoms with Crippen molar-refractivity contribution in [3.8, 4) is 0 Å². The van der Waals surface area contributed by atoms with Gasteiger partial charge in [0.1, 0.15) is 12.6 Å². The van der Waals surface area contributed by atoms with Crippen LogP contribution in [-0.2, 0) is 26.0 Å². The molecule has 0 unspecified atom stereocenters. The van der Waals surface area contributed by atoms with E-state index in [0.29, 0.717) is 22.7 Å². The van der Waals surface area contributed by atoms with Crippen LogP contribution in [0.4, 0.5) is 5.69 Å². The number of benzene rings is 3. The van der Waals surface area contributed by atoms with Crippen molar-refractivity contribution in [2.75, 3.05) is 17.4 Å². The van der Waals surface area contributed by atoms with Crippen molar-refractivity contribution in [1.82, 2.24) is 10.2 Å². The van der Waals surface area contributed by atoms with Crippen LogP contribution in [0.5, 0.6) is 0 Å². The van der Waals surface area contributed by atoms with Crippen molar-refractivity contribution in [1.29, 1.82) is 0 Å². The third kappa shape index (κ3) is 8.08. The lowest BCUT2D eigenvalue weighted by molar-refractivity contribution is -0.139. The maximum atomic E-state index is 14.0. The van der Waals surface area contributed by atoms with Gasteiger partial charge < -0.3 is 10.2 Å². The Labute approximate surface area is 243 Å². The summed E-state index contributed by atoms with van der Waals surface area (Å²) in [6.45, 7) is 10.6. The third-order valence-electron chi connectivity index (χ3n) is 6.48. The molecule has 0 spiro atoms. The van der Waals surface area contributed by atoms with Gasteiger partial charge >= 0.3 is 0 Å². The van der Waals surface area contributed by atoms with Crippen molar-refractivity contribution in [3.05, 3.63) is 94.5 Å². The van der Waals surface area contributed by atoms with Crippen LogP contribution in [-0.4, -0.2) is 49.8 Å². The third-order valence-corrected chi connectivity index (χ3v) is 8.49. The highest BCUT2D eigenvalue weighted by Crippen LogP contribution is 2.30. The molecule has 0 saturated carbocycles. The zero-order chi connectivity index (χ0) is 29.7. The molecule has 0 aromatic heterocycles. The quantitative estimate of drug-likeness (QED) is 0.340. The SMILES string of the molecule is Cc1ccc(S(=O)(=O)N(CC(=O)N(CCc2ccccc2)[C@H](C)C(=O)NC(C)(C)C)c2cc(Cl)ccc2C)cc1. The van der Waals surface area contributed by atoms with Crippen molar-refractivity contribution in [2.45, 2.75) is 64.4 Å². The standard InChI is InChI=1S/C31H38ClN3O4S/c1-22-12-16-27(17-13-22)40(38,39)35(28-20-26(32)15-14-23(28)2)21-29(36)34(19-18-25-10-8-7-9-11-25)24(3)30(37)33-31(4,5)6/h7-17,20,24H,18-19,21H2,1-6H3,(H,33,37)/t24-/m1/s1. The molecule has 9 heteroatoms. The number of sulfonamides is 1. The number of anilines is 1. The van der Waals surface area contributed by atoms with Gasteiger partial charge in [-0.2, -0.15) is 0 Å².